The Morgan fingerprint density at radius 3 is 1.50 bits per heavy atom. The van der Waals surface area contributed by atoms with Gasteiger partial charge < -0.3 is 0 Å². The number of rotatable bonds is 6. The molecule has 128 valence electrons. The molecule has 0 aliphatic carbocycles. The van der Waals surface area contributed by atoms with Crippen LogP contribution in [0, 0.1) is 13.8 Å². The summed E-state index contributed by atoms with van der Waals surface area (Å²) in [5, 5.41) is 1.23. The van der Waals surface area contributed by atoms with Gasteiger partial charge in [-0.1, -0.05) is 88.0 Å². The second kappa shape index (κ2) is 9.11. The van der Waals surface area contributed by atoms with Gasteiger partial charge in [-0.3, -0.25) is 4.79 Å². The lowest BCUT2D eigenvalue weighted by Crippen LogP contribution is -2.23. The average Bonchev–Trinajstić information content (AvgIpc) is 2.55. The van der Waals surface area contributed by atoms with E-state index in [9.17, 15) is 4.79 Å². The Kier molecular flexibility index (Phi) is 7.72. The lowest BCUT2D eigenvalue weighted by molar-refractivity contribution is -0.121. The molecule has 5 heteroatoms. The van der Waals surface area contributed by atoms with Gasteiger partial charge in [0.05, 0.1) is 11.8 Å². The lowest BCUT2D eigenvalue weighted by Gasteiger charge is -2.21. The van der Waals surface area contributed by atoms with Gasteiger partial charge in [0.15, 0.2) is 0 Å². The van der Waals surface area contributed by atoms with Gasteiger partial charge in [-0.2, -0.15) is 0 Å². The van der Waals surface area contributed by atoms with Crippen molar-refractivity contribution >= 4 is 69.5 Å². The highest BCUT2D eigenvalue weighted by Crippen LogP contribution is 2.32. The van der Waals surface area contributed by atoms with Crippen molar-refractivity contribution in [3.05, 3.63) is 67.6 Å². The van der Waals surface area contributed by atoms with Crippen LogP contribution in [0.3, 0.4) is 0 Å². The highest BCUT2D eigenvalue weighted by atomic mass is 79.9. The van der Waals surface area contributed by atoms with Crippen molar-refractivity contribution in [3.63, 3.8) is 0 Å². The number of aryl methyl sites for hydroxylation is 2. The van der Waals surface area contributed by atoms with E-state index in [4.69, 9.17) is 0 Å². The highest BCUT2D eigenvalue weighted by molar-refractivity contribution is 9.11. The van der Waals surface area contributed by atoms with Crippen LogP contribution in [0.15, 0.2) is 45.3 Å². The van der Waals surface area contributed by atoms with Crippen molar-refractivity contribution in [2.75, 3.05) is 10.7 Å². The number of carbonyl (C=O) groups is 1. The van der Waals surface area contributed by atoms with E-state index >= 15 is 0 Å². The first-order valence-corrected chi connectivity index (χ1v) is 11.4. The Labute approximate surface area is 177 Å². The molecule has 2 aromatic carbocycles. The van der Waals surface area contributed by atoms with E-state index < -0.39 is 0 Å². The Bertz CT molecular complexity index is 681. The summed E-state index contributed by atoms with van der Waals surface area (Å²) in [6, 6.07) is 12.3. The van der Waals surface area contributed by atoms with Crippen LogP contribution in [0.4, 0.5) is 0 Å². The molecule has 0 heterocycles. The number of ketones is 1. The first kappa shape index (κ1) is 20.3. The zero-order chi connectivity index (χ0) is 17.9. The van der Waals surface area contributed by atoms with Crippen molar-refractivity contribution < 1.29 is 4.79 Å². The summed E-state index contributed by atoms with van der Waals surface area (Å²) in [7, 11) is 0. The summed E-state index contributed by atoms with van der Waals surface area (Å²) in [5.74, 6) is -0.0983. The molecule has 2 rings (SSSR count). The molecule has 0 amide bonds. The van der Waals surface area contributed by atoms with E-state index in [2.05, 4.69) is 75.9 Å². The minimum atomic E-state index is -0.164. The standard InChI is InChI=1S/C19H18Br4O/c1-11-7-13(3-5-17(11)22)15(9-20)19(24)16(10-21)14-4-6-18(23)12(2)8-14/h3-8,15-16H,9-10H2,1-2H3. The minimum Gasteiger partial charge on any atom is -0.298 e. The Morgan fingerprint density at radius 2 is 1.21 bits per heavy atom. The predicted molar refractivity (Wildman–Crippen MR) is 116 cm³/mol. The molecule has 2 aromatic rings. The third kappa shape index (κ3) is 4.60. The largest absolute Gasteiger partial charge is 0.298 e. The summed E-state index contributed by atoms with van der Waals surface area (Å²) in [4.78, 5) is 13.2. The van der Waals surface area contributed by atoms with E-state index in [1.165, 1.54) is 0 Å². The molecule has 0 bridgehead atoms. The number of alkyl halides is 2. The molecule has 0 fully saturated rings. The molecule has 24 heavy (non-hydrogen) atoms. The zero-order valence-corrected chi connectivity index (χ0v) is 19.8. The molecule has 0 aliphatic heterocycles. The summed E-state index contributed by atoms with van der Waals surface area (Å²) in [5.41, 5.74) is 4.39. The maximum absolute atomic E-state index is 13.2. The van der Waals surface area contributed by atoms with E-state index in [1.54, 1.807) is 0 Å². The lowest BCUT2D eigenvalue weighted by atomic mass is 9.85. The third-order valence-corrected chi connectivity index (χ3v) is 7.24. The molecule has 0 N–H and O–H groups in total. The Balaban J connectivity index is 2.37. The molecule has 0 aliphatic rings. The fourth-order valence-corrected chi connectivity index (χ4v) is 4.55. The average molecular weight is 582 g/mol. The summed E-state index contributed by atoms with van der Waals surface area (Å²) < 4.78 is 2.13. The van der Waals surface area contributed by atoms with Gasteiger partial charge in [-0.25, -0.2) is 0 Å². The molecule has 0 aromatic heterocycles. The summed E-state index contributed by atoms with van der Waals surface area (Å²) >= 11 is 14.1. The van der Waals surface area contributed by atoms with Gasteiger partial charge in [0.25, 0.3) is 0 Å². The van der Waals surface area contributed by atoms with Crippen LogP contribution in [0.5, 0.6) is 0 Å². The zero-order valence-electron chi connectivity index (χ0n) is 13.5. The molecule has 2 unspecified atom stereocenters. The second-order valence-corrected chi connectivity index (χ2v) is 8.84. The second-order valence-electron chi connectivity index (χ2n) is 5.83. The van der Waals surface area contributed by atoms with Gasteiger partial charge in [0.2, 0.25) is 0 Å². The van der Waals surface area contributed by atoms with Crippen LogP contribution in [0.25, 0.3) is 0 Å². The van der Waals surface area contributed by atoms with Gasteiger partial charge in [0, 0.05) is 19.6 Å². The first-order chi connectivity index (χ1) is 11.4. The SMILES string of the molecule is Cc1cc(C(CBr)C(=O)C(CBr)c2ccc(Br)c(C)c2)ccc1Br. The Hall–Kier alpha value is 0.0300. The van der Waals surface area contributed by atoms with Gasteiger partial charge in [0.1, 0.15) is 5.78 Å². The fourth-order valence-electron chi connectivity index (χ4n) is 2.67. The van der Waals surface area contributed by atoms with Crippen LogP contribution in [-0.4, -0.2) is 16.4 Å². The maximum atomic E-state index is 13.2. The predicted octanol–water partition coefficient (Wildman–Crippen LogP) is 7.05. The molecular formula is C19H18Br4O. The highest BCUT2D eigenvalue weighted by Gasteiger charge is 2.28. The van der Waals surface area contributed by atoms with Gasteiger partial charge >= 0.3 is 0 Å². The number of hydrogen-bond donors (Lipinski definition) is 0. The van der Waals surface area contributed by atoms with Crippen LogP contribution in [-0.2, 0) is 4.79 Å². The van der Waals surface area contributed by atoms with Crippen molar-refractivity contribution in [2.45, 2.75) is 25.7 Å². The number of carbonyl (C=O) groups excluding carboxylic acids is 1. The number of Topliss-reactive ketones (excluding diaryl/α,β-unsaturated/α-hetero) is 1. The van der Waals surface area contributed by atoms with Crippen molar-refractivity contribution in [3.8, 4) is 0 Å². The van der Waals surface area contributed by atoms with Crippen molar-refractivity contribution in [1.82, 2.24) is 0 Å². The quantitative estimate of drug-likeness (QED) is 0.334. The smallest absolute Gasteiger partial charge is 0.149 e. The summed E-state index contributed by atoms with van der Waals surface area (Å²) in [6.07, 6.45) is 0. The first-order valence-electron chi connectivity index (χ1n) is 7.56. The minimum absolute atomic E-state index is 0.164. The molecular weight excluding hydrogens is 564 g/mol. The van der Waals surface area contributed by atoms with E-state index in [0.29, 0.717) is 10.7 Å². The van der Waals surface area contributed by atoms with Crippen LogP contribution < -0.4 is 0 Å². The third-order valence-electron chi connectivity index (χ3n) is 4.16. The fraction of sp³-hybridized carbons (Fsp3) is 0.316. The molecule has 2 atom stereocenters. The molecule has 0 radical (unpaired) electrons. The number of halogens is 4. The number of benzene rings is 2. The van der Waals surface area contributed by atoms with Crippen LogP contribution in [0.2, 0.25) is 0 Å². The maximum Gasteiger partial charge on any atom is 0.149 e. The van der Waals surface area contributed by atoms with Crippen LogP contribution >= 0.6 is 63.7 Å². The van der Waals surface area contributed by atoms with E-state index in [1.807, 2.05) is 38.1 Å². The molecule has 0 spiro atoms. The van der Waals surface area contributed by atoms with Gasteiger partial charge in [-0.05, 0) is 48.2 Å². The topological polar surface area (TPSA) is 17.1 Å². The molecule has 1 nitrogen and oxygen atoms in total. The van der Waals surface area contributed by atoms with Crippen molar-refractivity contribution in [2.24, 2.45) is 0 Å². The van der Waals surface area contributed by atoms with E-state index in [-0.39, 0.29) is 17.6 Å². The molecule has 0 saturated heterocycles. The van der Waals surface area contributed by atoms with Crippen LogP contribution in [0.1, 0.15) is 34.1 Å². The monoisotopic (exact) mass is 578 g/mol. The van der Waals surface area contributed by atoms with Crippen molar-refractivity contribution in [1.29, 1.82) is 0 Å². The van der Waals surface area contributed by atoms with E-state index in [0.717, 1.165) is 31.2 Å². The van der Waals surface area contributed by atoms with Gasteiger partial charge in [-0.15, -0.1) is 0 Å². The number of hydrogen-bond acceptors (Lipinski definition) is 1. The Morgan fingerprint density at radius 1 is 0.833 bits per heavy atom. The summed E-state index contributed by atoms with van der Waals surface area (Å²) in [6.45, 7) is 4.09. The normalized spacial score (nSPS) is 13.6. The molecule has 0 saturated carbocycles.